The smallest absolute Gasteiger partial charge is 0.250 e. The first kappa shape index (κ1) is 21.1. The van der Waals surface area contributed by atoms with E-state index in [9.17, 15) is 19.1 Å². The van der Waals surface area contributed by atoms with E-state index in [1.54, 1.807) is 25.1 Å². The minimum Gasteiger partial charge on any atom is -0.497 e. The van der Waals surface area contributed by atoms with Gasteiger partial charge in [-0.25, -0.2) is 4.39 Å². The third-order valence-corrected chi connectivity index (χ3v) is 6.00. The lowest BCUT2D eigenvalue weighted by Gasteiger charge is -2.29. The van der Waals surface area contributed by atoms with Crippen LogP contribution in [0.15, 0.2) is 36.4 Å². The summed E-state index contributed by atoms with van der Waals surface area (Å²) in [6.07, 6.45) is -0.648. The predicted octanol–water partition coefficient (Wildman–Crippen LogP) is 1.99. The summed E-state index contributed by atoms with van der Waals surface area (Å²) < 4.78 is 24.6. The molecule has 4 atom stereocenters. The van der Waals surface area contributed by atoms with Gasteiger partial charge in [0.1, 0.15) is 22.9 Å². The molecule has 2 aromatic carbocycles. The zero-order valence-corrected chi connectivity index (χ0v) is 17.4. The van der Waals surface area contributed by atoms with E-state index in [2.05, 4.69) is 16.0 Å². The van der Waals surface area contributed by atoms with Crippen LogP contribution >= 0.6 is 0 Å². The molecule has 4 N–H and O–H groups in total. The average molecular weight is 429 g/mol. The lowest BCUT2D eigenvalue weighted by atomic mass is 9.79. The van der Waals surface area contributed by atoms with Crippen molar-refractivity contribution in [1.29, 1.82) is 0 Å². The summed E-state index contributed by atoms with van der Waals surface area (Å²) in [5, 5.41) is 18.9. The summed E-state index contributed by atoms with van der Waals surface area (Å²) in [5.41, 5.74) is -0.351. The number of methoxy groups -OCH3 is 2. The van der Waals surface area contributed by atoms with E-state index in [-0.39, 0.29) is 6.42 Å². The fourth-order valence-electron chi connectivity index (χ4n) is 4.42. The molecule has 0 aliphatic carbocycles. The van der Waals surface area contributed by atoms with Gasteiger partial charge in [0.15, 0.2) is 0 Å². The number of halogens is 1. The van der Waals surface area contributed by atoms with E-state index in [1.807, 2.05) is 0 Å². The molecule has 1 saturated heterocycles. The second kappa shape index (κ2) is 7.82. The minimum absolute atomic E-state index is 0.180. The Morgan fingerprint density at radius 1 is 1.26 bits per heavy atom. The van der Waals surface area contributed by atoms with Crippen LogP contribution in [0.3, 0.4) is 0 Å². The van der Waals surface area contributed by atoms with Crippen LogP contribution in [0, 0.1) is 11.7 Å². The molecule has 2 amide bonds. The highest BCUT2D eigenvalue weighted by atomic mass is 19.1. The third kappa shape index (κ3) is 3.39. The van der Waals surface area contributed by atoms with E-state index in [4.69, 9.17) is 9.47 Å². The second-order valence-electron chi connectivity index (χ2n) is 7.79. The molecule has 2 heterocycles. The van der Waals surface area contributed by atoms with Crippen molar-refractivity contribution >= 4 is 23.2 Å². The van der Waals surface area contributed by atoms with Crippen molar-refractivity contribution in [2.45, 2.75) is 31.0 Å². The van der Waals surface area contributed by atoms with Crippen LogP contribution in [0.1, 0.15) is 18.9 Å². The lowest BCUT2D eigenvalue weighted by molar-refractivity contribution is -0.130. The molecule has 2 aliphatic rings. The SMILES string of the molecule is COc1ccc(OC)c(NC(=O)[C@@H]2C[C@H]([C@@H](C)O)N[C@]23C(=O)Nc2ccc(F)cc23)c1. The Kier molecular flexibility index (Phi) is 5.32. The summed E-state index contributed by atoms with van der Waals surface area (Å²) in [4.78, 5) is 26.6. The zero-order chi connectivity index (χ0) is 22.3. The molecule has 31 heavy (non-hydrogen) atoms. The Balaban J connectivity index is 1.75. The fourth-order valence-corrected chi connectivity index (χ4v) is 4.42. The van der Waals surface area contributed by atoms with Gasteiger partial charge in [0, 0.05) is 23.4 Å². The number of carbonyl (C=O) groups is 2. The van der Waals surface area contributed by atoms with Gasteiger partial charge in [-0.2, -0.15) is 0 Å². The first-order valence-electron chi connectivity index (χ1n) is 9.90. The van der Waals surface area contributed by atoms with Gasteiger partial charge in [0.25, 0.3) is 0 Å². The van der Waals surface area contributed by atoms with Gasteiger partial charge in [-0.1, -0.05) is 0 Å². The lowest BCUT2D eigenvalue weighted by Crippen LogP contribution is -2.53. The van der Waals surface area contributed by atoms with E-state index in [1.165, 1.54) is 32.4 Å². The Labute approximate surface area is 178 Å². The van der Waals surface area contributed by atoms with Gasteiger partial charge < -0.3 is 25.2 Å². The molecule has 9 heteroatoms. The Morgan fingerprint density at radius 2 is 2.03 bits per heavy atom. The number of hydrogen-bond donors (Lipinski definition) is 4. The van der Waals surface area contributed by atoms with Crippen molar-refractivity contribution in [2.75, 3.05) is 24.9 Å². The van der Waals surface area contributed by atoms with Crippen LogP contribution in [0.2, 0.25) is 0 Å². The minimum atomic E-state index is -1.50. The van der Waals surface area contributed by atoms with Crippen molar-refractivity contribution < 1.29 is 28.6 Å². The molecule has 0 bridgehead atoms. The van der Waals surface area contributed by atoms with Crippen LogP contribution in [0.4, 0.5) is 15.8 Å². The number of aliphatic hydroxyl groups is 1. The molecule has 2 aliphatic heterocycles. The number of benzene rings is 2. The summed E-state index contributed by atoms with van der Waals surface area (Å²) in [7, 11) is 2.98. The molecule has 2 aromatic rings. The first-order valence-corrected chi connectivity index (χ1v) is 9.90. The number of nitrogens with one attached hydrogen (secondary N) is 3. The molecule has 4 rings (SSSR count). The topological polar surface area (TPSA) is 109 Å². The summed E-state index contributed by atoms with van der Waals surface area (Å²) in [6.45, 7) is 1.58. The number of anilines is 2. The maximum absolute atomic E-state index is 14.1. The zero-order valence-electron chi connectivity index (χ0n) is 17.4. The summed E-state index contributed by atoms with van der Waals surface area (Å²) in [6, 6.07) is 8.38. The van der Waals surface area contributed by atoms with Gasteiger partial charge >= 0.3 is 0 Å². The van der Waals surface area contributed by atoms with Crippen LogP contribution in [-0.4, -0.2) is 43.3 Å². The maximum atomic E-state index is 14.1. The monoisotopic (exact) mass is 429 g/mol. The van der Waals surface area contributed by atoms with Crippen molar-refractivity contribution in [3.63, 3.8) is 0 Å². The van der Waals surface area contributed by atoms with Crippen LogP contribution in [-0.2, 0) is 15.1 Å². The Hall–Kier alpha value is -3.17. The molecular formula is C22H24FN3O5. The van der Waals surface area contributed by atoms with Crippen molar-refractivity contribution in [2.24, 2.45) is 5.92 Å². The molecular weight excluding hydrogens is 405 g/mol. The number of fused-ring (bicyclic) bond motifs is 2. The maximum Gasteiger partial charge on any atom is 0.250 e. The highest BCUT2D eigenvalue weighted by Crippen LogP contribution is 2.48. The third-order valence-electron chi connectivity index (χ3n) is 6.00. The molecule has 0 aromatic heterocycles. The van der Waals surface area contributed by atoms with Crippen molar-refractivity contribution in [1.82, 2.24) is 5.32 Å². The van der Waals surface area contributed by atoms with Gasteiger partial charge in [-0.15, -0.1) is 0 Å². The highest BCUT2D eigenvalue weighted by molar-refractivity contribution is 6.10. The van der Waals surface area contributed by atoms with E-state index in [0.29, 0.717) is 28.4 Å². The summed E-state index contributed by atoms with van der Waals surface area (Å²) in [5.74, 6) is -1.42. The summed E-state index contributed by atoms with van der Waals surface area (Å²) >= 11 is 0. The molecule has 1 spiro atoms. The molecule has 1 fully saturated rings. The van der Waals surface area contributed by atoms with Crippen LogP contribution in [0.5, 0.6) is 11.5 Å². The Morgan fingerprint density at radius 3 is 2.71 bits per heavy atom. The number of aliphatic hydroxyl groups excluding tert-OH is 1. The van der Waals surface area contributed by atoms with E-state index >= 15 is 0 Å². The quantitative estimate of drug-likeness (QED) is 0.579. The van der Waals surface area contributed by atoms with Crippen molar-refractivity contribution in [3.8, 4) is 11.5 Å². The van der Waals surface area contributed by atoms with Gasteiger partial charge in [0.2, 0.25) is 11.8 Å². The highest BCUT2D eigenvalue weighted by Gasteiger charge is 2.60. The van der Waals surface area contributed by atoms with Crippen LogP contribution < -0.4 is 25.4 Å². The average Bonchev–Trinajstić information content (AvgIpc) is 3.28. The number of rotatable bonds is 5. The molecule has 164 valence electrons. The van der Waals surface area contributed by atoms with E-state index < -0.39 is 41.2 Å². The molecule has 0 radical (unpaired) electrons. The normalized spacial score (nSPS) is 25.1. The van der Waals surface area contributed by atoms with Gasteiger partial charge in [-0.05, 0) is 43.7 Å². The molecule has 0 saturated carbocycles. The van der Waals surface area contributed by atoms with E-state index in [0.717, 1.165) is 0 Å². The molecule has 8 nitrogen and oxygen atoms in total. The standard InChI is InChI=1S/C22H24FN3O5/c1-11(27)17-10-15(20(28)24-18-9-13(30-2)5-7-19(18)31-3)22(26-17)14-8-12(23)4-6-16(14)25-21(22)29/h4-9,11,15,17,26-27H,10H2,1-3H3,(H,24,28)(H,25,29)/t11-,15+,17-,22+/m1/s1. The number of ether oxygens (including phenoxy) is 2. The second-order valence-corrected chi connectivity index (χ2v) is 7.79. The first-order chi connectivity index (χ1) is 14.8. The van der Waals surface area contributed by atoms with Crippen LogP contribution in [0.25, 0.3) is 0 Å². The number of carbonyl (C=O) groups excluding carboxylic acids is 2. The number of hydrogen-bond acceptors (Lipinski definition) is 6. The van der Waals surface area contributed by atoms with Crippen molar-refractivity contribution in [3.05, 3.63) is 47.8 Å². The fraction of sp³-hybridized carbons (Fsp3) is 0.364. The largest absolute Gasteiger partial charge is 0.497 e. The van der Waals surface area contributed by atoms with Gasteiger partial charge in [-0.3, -0.25) is 14.9 Å². The predicted molar refractivity (Wildman–Crippen MR) is 112 cm³/mol. The van der Waals surface area contributed by atoms with Gasteiger partial charge in [0.05, 0.1) is 31.9 Å². The number of amides is 2. The Bertz CT molecular complexity index is 1040. The molecule has 0 unspecified atom stereocenters.